The quantitative estimate of drug-likeness (QED) is 0.412. The summed E-state index contributed by atoms with van der Waals surface area (Å²) >= 11 is 1.65. The van der Waals surface area contributed by atoms with E-state index in [0.29, 0.717) is 0 Å². The minimum Gasteiger partial charge on any atom is -0.225 e. The van der Waals surface area contributed by atoms with Crippen LogP contribution in [0.2, 0.25) is 0 Å². The Labute approximate surface area is 161 Å². The van der Waals surface area contributed by atoms with E-state index in [0.717, 1.165) is 21.2 Å². The second-order valence-corrected chi connectivity index (χ2v) is 7.39. The molecule has 0 unspecified atom stereocenters. The first-order chi connectivity index (χ1) is 13.4. The zero-order chi connectivity index (χ0) is 18.1. The van der Waals surface area contributed by atoms with Crippen molar-refractivity contribution < 1.29 is 0 Å². The highest BCUT2D eigenvalue weighted by Gasteiger charge is 2.22. The Morgan fingerprint density at radius 3 is 1.85 bits per heavy atom. The maximum Gasteiger partial charge on any atom is 0.212 e. The average molecular weight is 367 g/mol. The Hall–Kier alpha value is -3.24. The maximum atomic E-state index is 4.97. The number of rotatable bonds is 4. The summed E-state index contributed by atoms with van der Waals surface area (Å²) in [5.41, 5.74) is 4.62. The molecule has 0 amide bonds. The van der Waals surface area contributed by atoms with E-state index < -0.39 is 0 Å². The average Bonchev–Trinajstić information content (AvgIpc) is 3.31. The summed E-state index contributed by atoms with van der Waals surface area (Å²) in [7, 11) is 0. The smallest absolute Gasteiger partial charge is 0.212 e. The minimum atomic E-state index is 0.0997. The Morgan fingerprint density at radius 1 is 0.704 bits per heavy atom. The zero-order valence-corrected chi connectivity index (χ0v) is 15.4. The Balaban J connectivity index is 1.67. The van der Waals surface area contributed by atoms with Crippen LogP contribution in [-0.2, 0) is 0 Å². The number of imidazole rings is 1. The highest BCUT2D eigenvalue weighted by atomic mass is 32.1. The third kappa shape index (κ3) is 2.94. The Morgan fingerprint density at radius 2 is 1.26 bits per heavy atom. The normalized spacial score (nSPS) is 11.3. The van der Waals surface area contributed by atoms with Gasteiger partial charge >= 0.3 is 0 Å². The number of fused-ring (bicyclic) bond motifs is 1. The van der Waals surface area contributed by atoms with E-state index in [9.17, 15) is 0 Å². The van der Waals surface area contributed by atoms with Gasteiger partial charge in [0.2, 0.25) is 4.96 Å². The SMILES string of the molecule is c1ccc(-c2cnc3sc(C(c4ccccc4)c4ccccc4)nn23)cc1. The fraction of sp³-hybridized carbons (Fsp3) is 0.0435. The standard InChI is InChI=1S/C23H17N3S/c1-4-10-17(11-5-1)20-16-24-23-26(20)25-22(27-23)21(18-12-6-2-7-13-18)19-14-8-3-9-15-19/h1-16,21H. The summed E-state index contributed by atoms with van der Waals surface area (Å²) in [4.78, 5) is 5.52. The van der Waals surface area contributed by atoms with Crippen LogP contribution in [0, 0.1) is 0 Å². The van der Waals surface area contributed by atoms with Crippen molar-refractivity contribution in [3.8, 4) is 11.3 Å². The molecule has 3 aromatic carbocycles. The first kappa shape index (κ1) is 16.0. The Kier molecular flexibility index (Phi) is 4.03. The predicted octanol–water partition coefficient (Wildman–Crippen LogP) is 5.64. The molecule has 0 aliphatic rings. The van der Waals surface area contributed by atoms with Crippen LogP contribution in [-0.4, -0.2) is 14.6 Å². The van der Waals surface area contributed by atoms with Crippen LogP contribution in [0.3, 0.4) is 0 Å². The molecular formula is C23H17N3S. The lowest BCUT2D eigenvalue weighted by Gasteiger charge is -2.15. The Bertz CT molecular complexity index is 1120. The van der Waals surface area contributed by atoms with Crippen LogP contribution in [0.1, 0.15) is 22.1 Å². The second kappa shape index (κ2) is 6.82. The van der Waals surface area contributed by atoms with E-state index in [1.807, 2.05) is 41.0 Å². The van der Waals surface area contributed by atoms with Crippen LogP contribution < -0.4 is 0 Å². The topological polar surface area (TPSA) is 30.2 Å². The van der Waals surface area contributed by atoms with E-state index in [1.165, 1.54) is 11.1 Å². The number of hydrogen-bond acceptors (Lipinski definition) is 3. The summed E-state index contributed by atoms with van der Waals surface area (Å²) in [6.45, 7) is 0. The molecule has 0 bridgehead atoms. The van der Waals surface area contributed by atoms with E-state index in [2.05, 4.69) is 65.6 Å². The monoisotopic (exact) mass is 367 g/mol. The van der Waals surface area contributed by atoms with Crippen molar-refractivity contribution in [2.24, 2.45) is 0 Å². The van der Waals surface area contributed by atoms with Crippen LogP contribution in [0.15, 0.2) is 97.2 Å². The van der Waals surface area contributed by atoms with Crippen molar-refractivity contribution in [1.29, 1.82) is 0 Å². The minimum absolute atomic E-state index is 0.0997. The molecule has 0 atom stereocenters. The molecule has 27 heavy (non-hydrogen) atoms. The molecule has 2 aromatic heterocycles. The number of nitrogens with zero attached hydrogens (tertiary/aromatic N) is 3. The zero-order valence-electron chi connectivity index (χ0n) is 14.6. The molecule has 0 fully saturated rings. The van der Waals surface area contributed by atoms with Gasteiger partial charge in [-0.2, -0.15) is 5.10 Å². The first-order valence-corrected chi connectivity index (χ1v) is 9.71. The van der Waals surface area contributed by atoms with Gasteiger partial charge < -0.3 is 0 Å². The summed E-state index contributed by atoms with van der Waals surface area (Å²) in [5, 5.41) is 6.02. The molecule has 130 valence electrons. The fourth-order valence-corrected chi connectivity index (χ4v) is 4.43. The highest BCUT2D eigenvalue weighted by Crippen LogP contribution is 2.35. The van der Waals surface area contributed by atoms with Crippen LogP contribution in [0.25, 0.3) is 16.2 Å². The lowest BCUT2D eigenvalue weighted by atomic mass is 9.92. The van der Waals surface area contributed by atoms with E-state index >= 15 is 0 Å². The lowest BCUT2D eigenvalue weighted by molar-refractivity contribution is 0.868. The van der Waals surface area contributed by atoms with Gasteiger partial charge in [0.05, 0.1) is 17.8 Å². The molecule has 0 N–H and O–H groups in total. The molecule has 0 aliphatic carbocycles. The number of hydrogen-bond donors (Lipinski definition) is 0. The van der Waals surface area contributed by atoms with Crippen molar-refractivity contribution in [3.63, 3.8) is 0 Å². The van der Waals surface area contributed by atoms with E-state index in [1.54, 1.807) is 11.3 Å². The van der Waals surface area contributed by atoms with Gasteiger partial charge in [-0.05, 0) is 11.1 Å². The molecule has 0 radical (unpaired) electrons. The molecule has 5 aromatic rings. The molecule has 0 saturated heterocycles. The van der Waals surface area contributed by atoms with Crippen molar-refractivity contribution in [1.82, 2.24) is 14.6 Å². The lowest BCUT2D eigenvalue weighted by Crippen LogP contribution is -2.03. The van der Waals surface area contributed by atoms with Gasteiger partial charge in [-0.25, -0.2) is 9.50 Å². The van der Waals surface area contributed by atoms with Gasteiger partial charge in [-0.15, -0.1) is 0 Å². The fourth-order valence-electron chi connectivity index (χ4n) is 3.40. The van der Waals surface area contributed by atoms with E-state index in [4.69, 9.17) is 5.10 Å². The number of aromatic nitrogens is 3. The predicted molar refractivity (Wildman–Crippen MR) is 110 cm³/mol. The van der Waals surface area contributed by atoms with Crippen LogP contribution in [0.4, 0.5) is 0 Å². The van der Waals surface area contributed by atoms with E-state index in [-0.39, 0.29) is 5.92 Å². The van der Waals surface area contributed by atoms with Crippen LogP contribution >= 0.6 is 11.3 Å². The largest absolute Gasteiger partial charge is 0.225 e. The van der Waals surface area contributed by atoms with Crippen LogP contribution in [0.5, 0.6) is 0 Å². The van der Waals surface area contributed by atoms with Gasteiger partial charge in [0.25, 0.3) is 0 Å². The van der Waals surface area contributed by atoms with Crippen molar-refractivity contribution in [3.05, 3.63) is 113 Å². The first-order valence-electron chi connectivity index (χ1n) is 8.90. The molecule has 5 rings (SSSR count). The summed E-state index contributed by atoms with van der Waals surface area (Å²) in [5.74, 6) is 0.0997. The van der Waals surface area contributed by atoms with Gasteiger partial charge in [-0.3, -0.25) is 0 Å². The van der Waals surface area contributed by atoms with Crippen molar-refractivity contribution in [2.75, 3.05) is 0 Å². The highest BCUT2D eigenvalue weighted by molar-refractivity contribution is 7.16. The van der Waals surface area contributed by atoms with Gasteiger partial charge in [0, 0.05) is 5.56 Å². The summed E-state index contributed by atoms with van der Waals surface area (Å²) in [6.07, 6.45) is 1.90. The maximum absolute atomic E-state index is 4.97. The summed E-state index contributed by atoms with van der Waals surface area (Å²) < 4.78 is 1.97. The molecule has 2 heterocycles. The third-order valence-corrected chi connectivity index (χ3v) is 5.67. The molecule has 3 nitrogen and oxygen atoms in total. The molecular weight excluding hydrogens is 350 g/mol. The van der Waals surface area contributed by atoms with Crippen molar-refractivity contribution in [2.45, 2.75) is 5.92 Å². The van der Waals surface area contributed by atoms with Gasteiger partial charge in [0.1, 0.15) is 5.01 Å². The molecule has 0 saturated carbocycles. The molecule has 0 spiro atoms. The van der Waals surface area contributed by atoms with Crippen molar-refractivity contribution >= 4 is 16.3 Å². The third-order valence-electron chi connectivity index (χ3n) is 4.68. The molecule has 0 aliphatic heterocycles. The molecule has 4 heteroatoms. The second-order valence-electron chi connectivity index (χ2n) is 6.40. The number of benzene rings is 3. The van der Waals surface area contributed by atoms with Gasteiger partial charge in [-0.1, -0.05) is 102 Å². The summed E-state index contributed by atoms with van der Waals surface area (Å²) in [6, 6.07) is 31.4. The van der Waals surface area contributed by atoms with Gasteiger partial charge in [0.15, 0.2) is 0 Å².